The maximum absolute atomic E-state index is 13.6. The van der Waals surface area contributed by atoms with Crippen molar-refractivity contribution in [1.29, 1.82) is 0 Å². The molecule has 2 aromatic rings. The van der Waals surface area contributed by atoms with Gasteiger partial charge in [-0.1, -0.05) is 28.1 Å². The number of hydrogen-bond acceptors (Lipinski definition) is 2. The van der Waals surface area contributed by atoms with Crippen LogP contribution in [0.15, 0.2) is 69.5 Å². The fourth-order valence-corrected chi connectivity index (χ4v) is 1.94. The number of hydrogen-bond donors (Lipinski definition) is 0. The van der Waals surface area contributed by atoms with Gasteiger partial charge in [-0.05, 0) is 52.3 Å². The van der Waals surface area contributed by atoms with Gasteiger partial charge >= 0.3 is 12.0 Å². The summed E-state index contributed by atoms with van der Waals surface area (Å²) in [6, 6.07) is 9.92. The minimum Gasteiger partial charge on any atom is -0.427 e. The van der Waals surface area contributed by atoms with Crippen molar-refractivity contribution in [3.05, 3.63) is 69.5 Å². The second-order valence-corrected chi connectivity index (χ2v) is 5.41. The van der Waals surface area contributed by atoms with Gasteiger partial charge < -0.3 is 9.47 Å². The maximum Gasteiger partial charge on any atom is 0.352 e. The third-order valence-corrected chi connectivity index (χ3v) is 3.40. The van der Waals surface area contributed by atoms with E-state index in [1.807, 2.05) is 0 Å². The van der Waals surface area contributed by atoms with Crippen LogP contribution < -0.4 is 9.47 Å². The molecule has 20 heavy (non-hydrogen) atoms. The van der Waals surface area contributed by atoms with E-state index in [9.17, 15) is 8.78 Å². The molecule has 2 nitrogen and oxygen atoms in total. The minimum atomic E-state index is -1.44. The Morgan fingerprint density at radius 2 is 1.40 bits per heavy atom. The number of halogens is 4. The van der Waals surface area contributed by atoms with Gasteiger partial charge in [-0.25, -0.2) is 0 Å². The molecule has 0 aliphatic carbocycles. The van der Waals surface area contributed by atoms with Gasteiger partial charge in [0.2, 0.25) is 0 Å². The number of ether oxygens (including phenoxy) is 2. The van der Waals surface area contributed by atoms with Crippen molar-refractivity contribution in [3.63, 3.8) is 0 Å². The van der Waals surface area contributed by atoms with E-state index in [0.717, 1.165) is 4.47 Å². The van der Waals surface area contributed by atoms with Gasteiger partial charge in [0.05, 0.1) is 4.47 Å². The van der Waals surface area contributed by atoms with Crippen molar-refractivity contribution in [3.8, 4) is 11.5 Å². The quantitative estimate of drug-likeness (QED) is 0.604. The first-order valence-electron chi connectivity index (χ1n) is 5.47. The van der Waals surface area contributed by atoms with Crippen molar-refractivity contribution < 1.29 is 18.3 Å². The molecule has 2 aromatic carbocycles. The van der Waals surface area contributed by atoms with Crippen molar-refractivity contribution in [1.82, 2.24) is 0 Å². The molecule has 0 spiro atoms. The molecule has 0 aromatic heterocycles. The highest BCUT2D eigenvalue weighted by Crippen LogP contribution is 2.28. The van der Waals surface area contributed by atoms with Crippen LogP contribution in [0.25, 0.3) is 0 Å². The highest BCUT2D eigenvalue weighted by molar-refractivity contribution is 9.10. The molecule has 2 rings (SSSR count). The fraction of sp³-hybridized carbons (Fsp3) is 0. The van der Waals surface area contributed by atoms with Crippen molar-refractivity contribution in [2.75, 3.05) is 0 Å². The Morgan fingerprint density at radius 3 is 2.05 bits per heavy atom. The smallest absolute Gasteiger partial charge is 0.352 e. The van der Waals surface area contributed by atoms with E-state index in [1.165, 1.54) is 18.2 Å². The first-order valence-corrected chi connectivity index (χ1v) is 7.06. The van der Waals surface area contributed by atoms with Gasteiger partial charge in [-0.15, -0.1) is 0 Å². The lowest BCUT2D eigenvalue weighted by molar-refractivity contribution is 0.202. The zero-order valence-electron chi connectivity index (χ0n) is 9.95. The lowest BCUT2D eigenvalue weighted by Crippen LogP contribution is -1.99. The first kappa shape index (κ1) is 15.0. The Labute approximate surface area is 131 Å². The van der Waals surface area contributed by atoms with E-state index >= 15 is 0 Å². The van der Waals surface area contributed by atoms with Gasteiger partial charge in [0.25, 0.3) is 0 Å². The summed E-state index contributed by atoms with van der Waals surface area (Å²) in [5, 5.41) is 0. The zero-order chi connectivity index (χ0) is 14.5. The average Bonchev–Trinajstić information content (AvgIpc) is 2.44. The van der Waals surface area contributed by atoms with E-state index in [2.05, 4.69) is 31.9 Å². The second-order valence-electron chi connectivity index (χ2n) is 3.64. The van der Waals surface area contributed by atoms with Crippen LogP contribution in [-0.2, 0) is 0 Å². The molecule has 0 aliphatic heterocycles. The monoisotopic (exact) mass is 404 g/mol. The van der Waals surface area contributed by atoms with E-state index in [0.29, 0.717) is 4.47 Å². The zero-order valence-corrected chi connectivity index (χ0v) is 13.1. The van der Waals surface area contributed by atoms with Crippen molar-refractivity contribution in [2.45, 2.75) is 0 Å². The van der Waals surface area contributed by atoms with E-state index < -0.39 is 12.0 Å². The molecule has 104 valence electrons. The van der Waals surface area contributed by atoms with Gasteiger partial charge in [-0.3, -0.25) is 0 Å². The molecule has 0 saturated heterocycles. The van der Waals surface area contributed by atoms with E-state index in [1.54, 1.807) is 30.3 Å². The number of rotatable bonds is 4. The molecule has 0 radical (unpaired) electrons. The van der Waals surface area contributed by atoms with Crippen molar-refractivity contribution >= 4 is 31.9 Å². The van der Waals surface area contributed by atoms with Crippen LogP contribution in [0.5, 0.6) is 11.5 Å². The van der Waals surface area contributed by atoms with E-state index in [4.69, 9.17) is 9.47 Å². The van der Waals surface area contributed by atoms with Crippen LogP contribution in [0.4, 0.5) is 8.78 Å². The molecule has 0 aliphatic rings. The highest BCUT2D eigenvalue weighted by Gasteiger charge is 2.13. The van der Waals surface area contributed by atoms with Crippen LogP contribution in [-0.4, -0.2) is 0 Å². The Kier molecular flexibility index (Phi) is 5.14. The van der Waals surface area contributed by atoms with Crippen LogP contribution in [0, 0.1) is 0 Å². The number of para-hydroxylation sites is 1. The first-order chi connectivity index (χ1) is 9.56. The Bertz CT molecular complexity index is 627. The summed E-state index contributed by atoms with van der Waals surface area (Å²) in [6.45, 7) is 0. The third-order valence-electron chi connectivity index (χ3n) is 2.21. The van der Waals surface area contributed by atoms with Gasteiger partial charge in [0.15, 0.2) is 0 Å². The molecule has 0 N–H and O–H groups in total. The normalized spacial score (nSPS) is 11.8. The predicted molar refractivity (Wildman–Crippen MR) is 78.8 cm³/mol. The molecule has 0 unspecified atom stereocenters. The van der Waals surface area contributed by atoms with Crippen molar-refractivity contribution in [2.24, 2.45) is 0 Å². The standard InChI is InChI=1S/C14H8Br2F2O2/c15-9-5-7-10(8-6-9)19-13(17)14(18)20-12-4-2-1-3-11(12)16/h1-8H/b14-13-. The summed E-state index contributed by atoms with van der Waals surface area (Å²) in [7, 11) is 0. The summed E-state index contributed by atoms with van der Waals surface area (Å²) >= 11 is 6.39. The lowest BCUT2D eigenvalue weighted by Gasteiger charge is -2.07. The fourth-order valence-electron chi connectivity index (χ4n) is 1.31. The van der Waals surface area contributed by atoms with E-state index in [-0.39, 0.29) is 11.5 Å². The number of benzene rings is 2. The lowest BCUT2D eigenvalue weighted by atomic mass is 10.3. The summed E-state index contributed by atoms with van der Waals surface area (Å²) in [5.41, 5.74) is 0. The largest absolute Gasteiger partial charge is 0.427 e. The molecule has 0 amide bonds. The molecular formula is C14H8Br2F2O2. The third kappa shape index (κ3) is 4.05. The van der Waals surface area contributed by atoms with Crippen LogP contribution in [0.1, 0.15) is 0 Å². The van der Waals surface area contributed by atoms with Crippen LogP contribution >= 0.6 is 31.9 Å². The SMILES string of the molecule is F/C(Oc1ccc(Br)cc1)=C(\F)Oc1ccccc1Br. The molecule has 0 fully saturated rings. The minimum absolute atomic E-state index is 0.152. The maximum atomic E-state index is 13.6. The highest BCUT2D eigenvalue weighted by atomic mass is 79.9. The molecular weight excluding hydrogens is 398 g/mol. The van der Waals surface area contributed by atoms with Crippen LogP contribution in [0.3, 0.4) is 0 Å². The Balaban J connectivity index is 2.11. The van der Waals surface area contributed by atoms with Gasteiger partial charge in [0.1, 0.15) is 11.5 Å². The molecule has 0 heterocycles. The Morgan fingerprint density at radius 1 is 0.800 bits per heavy atom. The second kappa shape index (κ2) is 6.85. The topological polar surface area (TPSA) is 18.5 Å². The molecule has 0 bridgehead atoms. The summed E-state index contributed by atoms with van der Waals surface area (Å²) in [6.07, 6.45) is 0. The predicted octanol–water partition coefficient (Wildman–Crippen LogP) is 5.74. The average molecular weight is 406 g/mol. The molecule has 0 saturated carbocycles. The summed E-state index contributed by atoms with van der Waals surface area (Å²) in [5.74, 6) is 0.316. The summed E-state index contributed by atoms with van der Waals surface area (Å²) < 4.78 is 37.9. The summed E-state index contributed by atoms with van der Waals surface area (Å²) in [4.78, 5) is 0. The molecule has 0 atom stereocenters. The van der Waals surface area contributed by atoms with Crippen LogP contribution in [0.2, 0.25) is 0 Å². The Hall–Kier alpha value is -1.40. The molecule has 6 heteroatoms. The van der Waals surface area contributed by atoms with Gasteiger partial charge in [-0.2, -0.15) is 8.78 Å². The van der Waals surface area contributed by atoms with Gasteiger partial charge in [0, 0.05) is 4.47 Å².